The third-order valence-corrected chi connectivity index (χ3v) is 6.67. The standard InChI is InChI=1S/C24H21N5O5S/c1-24(13-19(28-34-24)15-8-11-20-18(12-15)22(25)29-33-20)23(30)27-16-9-6-14(7-10-16)17-4-2-3-5-21(17)35(26,31)32/h2-13,28H,1H3,(H2,25,29)(H,27,30)(H2,26,31,32). The summed E-state index contributed by atoms with van der Waals surface area (Å²) >= 11 is 0. The normalized spacial score (nSPS) is 17.7. The highest BCUT2D eigenvalue weighted by atomic mass is 32.2. The molecule has 5 rings (SSSR count). The molecule has 11 heteroatoms. The van der Waals surface area contributed by atoms with Gasteiger partial charge in [0.2, 0.25) is 10.0 Å². The molecule has 35 heavy (non-hydrogen) atoms. The number of nitrogens with one attached hydrogen (secondary N) is 2. The summed E-state index contributed by atoms with van der Waals surface area (Å²) in [6, 6.07) is 18.5. The predicted molar refractivity (Wildman–Crippen MR) is 131 cm³/mol. The first kappa shape index (κ1) is 22.6. The van der Waals surface area contributed by atoms with Crippen LogP contribution in [0, 0.1) is 0 Å². The summed E-state index contributed by atoms with van der Waals surface area (Å²) in [5.41, 5.74) is 10.9. The van der Waals surface area contributed by atoms with Crippen molar-refractivity contribution >= 4 is 44.1 Å². The molecule has 1 aliphatic rings. The fraction of sp³-hybridized carbons (Fsp3) is 0.0833. The van der Waals surface area contributed by atoms with E-state index in [4.69, 9.17) is 20.2 Å². The summed E-state index contributed by atoms with van der Waals surface area (Å²) in [5, 5.41) is 12.6. The van der Waals surface area contributed by atoms with Gasteiger partial charge in [0.15, 0.2) is 17.0 Å². The molecule has 6 N–H and O–H groups in total. The molecule has 178 valence electrons. The molecule has 0 saturated heterocycles. The molecule has 1 amide bonds. The van der Waals surface area contributed by atoms with Gasteiger partial charge in [0, 0.05) is 16.8 Å². The molecule has 1 aromatic heterocycles. The number of hydrogen-bond donors (Lipinski definition) is 4. The van der Waals surface area contributed by atoms with E-state index in [1.165, 1.54) is 6.07 Å². The molecule has 0 spiro atoms. The molecule has 1 atom stereocenters. The van der Waals surface area contributed by atoms with E-state index < -0.39 is 21.5 Å². The Kier molecular flexibility index (Phi) is 5.32. The third-order valence-electron chi connectivity index (χ3n) is 5.70. The van der Waals surface area contributed by atoms with Gasteiger partial charge in [-0.1, -0.05) is 35.5 Å². The SMILES string of the molecule is CC1(C(=O)Nc2ccc(-c3ccccc3S(N)(=O)=O)cc2)C=C(c2ccc3onc(N)c3c2)NO1. The average Bonchev–Trinajstić information content (AvgIpc) is 3.42. The number of hydrogen-bond acceptors (Lipinski definition) is 8. The van der Waals surface area contributed by atoms with Gasteiger partial charge in [-0.15, -0.1) is 0 Å². The van der Waals surface area contributed by atoms with Crippen LogP contribution in [0.25, 0.3) is 27.8 Å². The Balaban J connectivity index is 1.35. The summed E-state index contributed by atoms with van der Waals surface area (Å²) in [6.07, 6.45) is 1.67. The first-order valence-electron chi connectivity index (χ1n) is 10.5. The van der Waals surface area contributed by atoms with Crippen molar-refractivity contribution in [1.29, 1.82) is 0 Å². The smallest absolute Gasteiger partial charge is 0.263 e. The molecule has 0 bridgehead atoms. The lowest BCUT2D eigenvalue weighted by Crippen LogP contribution is -2.40. The summed E-state index contributed by atoms with van der Waals surface area (Å²) in [7, 11) is -3.88. The molecule has 0 radical (unpaired) electrons. The fourth-order valence-electron chi connectivity index (χ4n) is 3.82. The van der Waals surface area contributed by atoms with Crippen molar-refractivity contribution in [1.82, 2.24) is 10.6 Å². The van der Waals surface area contributed by atoms with Crippen LogP contribution >= 0.6 is 0 Å². The average molecular weight is 492 g/mol. The zero-order valence-corrected chi connectivity index (χ0v) is 19.3. The first-order chi connectivity index (χ1) is 16.6. The van der Waals surface area contributed by atoms with Gasteiger partial charge in [-0.05, 0) is 55.0 Å². The second-order valence-corrected chi connectivity index (χ2v) is 9.75. The van der Waals surface area contributed by atoms with Gasteiger partial charge in [-0.3, -0.25) is 15.1 Å². The monoisotopic (exact) mass is 491 g/mol. The van der Waals surface area contributed by atoms with Gasteiger partial charge in [0.25, 0.3) is 5.91 Å². The number of hydroxylamine groups is 1. The number of carbonyl (C=O) groups excluding carboxylic acids is 1. The minimum Gasteiger partial charge on any atom is -0.380 e. The summed E-state index contributed by atoms with van der Waals surface area (Å²) in [4.78, 5) is 18.6. The molecule has 1 unspecified atom stereocenters. The number of nitrogens with zero attached hydrogens (tertiary/aromatic N) is 1. The number of rotatable bonds is 5. The third kappa shape index (κ3) is 4.23. The molecular formula is C24H21N5O5S. The highest BCUT2D eigenvalue weighted by Crippen LogP contribution is 2.31. The summed E-state index contributed by atoms with van der Waals surface area (Å²) < 4.78 is 28.9. The van der Waals surface area contributed by atoms with Crippen molar-refractivity contribution in [3.8, 4) is 11.1 Å². The Labute approximate surface area is 200 Å². The van der Waals surface area contributed by atoms with Gasteiger partial charge in [-0.2, -0.15) is 0 Å². The Morgan fingerprint density at radius 2 is 1.77 bits per heavy atom. The second-order valence-electron chi connectivity index (χ2n) is 8.22. The minimum atomic E-state index is -3.88. The summed E-state index contributed by atoms with van der Waals surface area (Å²) in [5.74, 6) is -0.125. The minimum absolute atomic E-state index is 0.0264. The van der Waals surface area contributed by atoms with Crippen molar-refractivity contribution in [2.75, 3.05) is 11.1 Å². The van der Waals surface area contributed by atoms with Crippen LogP contribution in [0.2, 0.25) is 0 Å². The van der Waals surface area contributed by atoms with Gasteiger partial charge < -0.3 is 15.6 Å². The molecular weight excluding hydrogens is 470 g/mol. The van der Waals surface area contributed by atoms with Crippen LogP contribution in [0.15, 0.2) is 82.2 Å². The van der Waals surface area contributed by atoms with E-state index in [1.807, 2.05) is 0 Å². The topological polar surface area (TPSA) is 163 Å². The molecule has 0 fully saturated rings. The van der Waals surface area contributed by atoms with E-state index in [0.29, 0.717) is 33.5 Å². The lowest BCUT2D eigenvalue weighted by atomic mass is 10.0. The zero-order valence-electron chi connectivity index (χ0n) is 18.5. The van der Waals surface area contributed by atoms with E-state index in [-0.39, 0.29) is 10.7 Å². The lowest BCUT2D eigenvalue weighted by molar-refractivity contribution is -0.135. The van der Waals surface area contributed by atoms with Gasteiger partial charge >= 0.3 is 0 Å². The highest BCUT2D eigenvalue weighted by molar-refractivity contribution is 7.89. The van der Waals surface area contributed by atoms with E-state index >= 15 is 0 Å². The van der Waals surface area contributed by atoms with Crippen molar-refractivity contribution in [3.05, 3.63) is 78.4 Å². The van der Waals surface area contributed by atoms with Crippen LogP contribution in [0.5, 0.6) is 0 Å². The van der Waals surface area contributed by atoms with E-state index in [0.717, 1.165) is 5.56 Å². The number of aromatic nitrogens is 1. The number of fused-ring (bicyclic) bond motifs is 1. The predicted octanol–water partition coefficient (Wildman–Crippen LogP) is 3.00. The molecule has 0 saturated carbocycles. The van der Waals surface area contributed by atoms with E-state index in [1.54, 1.807) is 73.7 Å². The molecule has 4 aromatic rings. The van der Waals surface area contributed by atoms with E-state index in [9.17, 15) is 13.2 Å². The second kappa shape index (κ2) is 8.24. The maximum atomic E-state index is 13.0. The van der Waals surface area contributed by atoms with E-state index in [2.05, 4.69) is 16.0 Å². The van der Waals surface area contributed by atoms with Gasteiger partial charge in [0.05, 0.1) is 16.0 Å². The Morgan fingerprint density at radius 1 is 1.06 bits per heavy atom. The van der Waals surface area contributed by atoms with Crippen LogP contribution in [0.3, 0.4) is 0 Å². The Morgan fingerprint density at radius 3 is 2.51 bits per heavy atom. The largest absolute Gasteiger partial charge is 0.380 e. The zero-order chi connectivity index (χ0) is 24.8. The van der Waals surface area contributed by atoms with Gasteiger partial charge in [-0.25, -0.2) is 13.6 Å². The number of primary sulfonamides is 1. The van der Waals surface area contributed by atoms with Crippen LogP contribution in [-0.2, 0) is 19.7 Å². The number of sulfonamides is 1. The number of nitrogens with two attached hydrogens (primary N) is 2. The molecule has 0 aliphatic carbocycles. The molecule has 3 aromatic carbocycles. The van der Waals surface area contributed by atoms with Crippen molar-refractivity contribution < 1.29 is 22.6 Å². The van der Waals surface area contributed by atoms with Crippen molar-refractivity contribution in [2.24, 2.45) is 5.14 Å². The number of nitrogen functional groups attached to an aromatic ring is 1. The van der Waals surface area contributed by atoms with Crippen LogP contribution < -0.4 is 21.7 Å². The highest BCUT2D eigenvalue weighted by Gasteiger charge is 2.38. The molecule has 10 nitrogen and oxygen atoms in total. The number of anilines is 2. The number of carbonyl (C=O) groups is 1. The van der Waals surface area contributed by atoms with Crippen molar-refractivity contribution in [2.45, 2.75) is 17.4 Å². The maximum absolute atomic E-state index is 13.0. The maximum Gasteiger partial charge on any atom is 0.263 e. The molecule has 1 aliphatic heterocycles. The van der Waals surface area contributed by atoms with Crippen LogP contribution in [-0.4, -0.2) is 25.1 Å². The van der Waals surface area contributed by atoms with Crippen LogP contribution in [0.4, 0.5) is 11.5 Å². The van der Waals surface area contributed by atoms with Crippen molar-refractivity contribution in [3.63, 3.8) is 0 Å². The summed E-state index contributed by atoms with van der Waals surface area (Å²) in [6.45, 7) is 1.63. The molecule has 2 heterocycles. The quantitative estimate of drug-likeness (QED) is 0.331. The Bertz CT molecular complexity index is 1590. The number of amides is 1. The van der Waals surface area contributed by atoms with Crippen LogP contribution in [0.1, 0.15) is 12.5 Å². The fourth-order valence-corrected chi connectivity index (χ4v) is 4.58. The lowest BCUT2D eigenvalue weighted by Gasteiger charge is -2.19. The number of benzene rings is 3. The van der Waals surface area contributed by atoms with Gasteiger partial charge in [0.1, 0.15) is 0 Å². The Hall–Kier alpha value is -4.19. The first-order valence-corrected chi connectivity index (χ1v) is 12.0.